The minimum absolute atomic E-state index is 0.270. The van der Waals surface area contributed by atoms with Crippen molar-refractivity contribution in [3.05, 3.63) is 29.6 Å². The van der Waals surface area contributed by atoms with Gasteiger partial charge in [-0.3, -0.25) is 4.98 Å². The SMILES string of the molecule is Cc1cc(CC(C)(C)C=O)ccn1. The number of aromatic nitrogens is 1. The molecule has 0 amide bonds. The first kappa shape index (κ1) is 9.90. The number of pyridine rings is 1. The Morgan fingerprint density at radius 2 is 2.23 bits per heavy atom. The van der Waals surface area contributed by atoms with Crippen LogP contribution in [0.3, 0.4) is 0 Å². The third-order valence-electron chi connectivity index (χ3n) is 1.94. The molecule has 0 saturated carbocycles. The average Bonchev–Trinajstić information content (AvgIpc) is 2.03. The van der Waals surface area contributed by atoms with E-state index in [1.54, 1.807) is 6.20 Å². The molecule has 0 saturated heterocycles. The minimum atomic E-state index is -0.270. The summed E-state index contributed by atoms with van der Waals surface area (Å²) in [5.41, 5.74) is 1.90. The molecule has 0 aromatic carbocycles. The molecule has 1 rings (SSSR count). The number of hydrogen-bond donors (Lipinski definition) is 0. The number of hydrogen-bond acceptors (Lipinski definition) is 2. The topological polar surface area (TPSA) is 30.0 Å². The number of rotatable bonds is 3. The summed E-state index contributed by atoms with van der Waals surface area (Å²) in [5.74, 6) is 0. The number of nitrogens with zero attached hydrogens (tertiary/aromatic N) is 1. The van der Waals surface area contributed by atoms with Crippen molar-refractivity contribution in [3.63, 3.8) is 0 Å². The van der Waals surface area contributed by atoms with Gasteiger partial charge in [0.15, 0.2) is 0 Å². The first-order valence-corrected chi connectivity index (χ1v) is 4.41. The molecular formula is C11H15NO. The zero-order valence-corrected chi connectivity index (χ0v) is 8.37. The van der Waals surface area contributed by atoms with Crippen molar-refractivity contribution >= 4 is 6.29 Å². The van der Waals surface area contributed by atoms with Gasteiger partial charge in [-0.2, -0.15) is 0 Å². The van der Waals surface area contributed by atoms with Gasteiger partial charge in [0.25, 0.3) is 0 Å². The smallest absolute Gasteiger partial charge is 0.125 e. The highest BCUT2D eigenvalue weighted by molar-refractivity contribution is 5.58. The molecule has 1 heterocycles. The van der Waals surface area contributed by atoms with Gasteiger partial charge in [-0.25, -0.2) is 0 Å². The second-order valence-corrected chi connectivity index (χ2v) is 4.09. The van der Waals surface area contributed by atoms with Gasteiger partial charge in [0.2, 0.25) is 0 Å². The van der Waals surface area contributed by atoms with E-state index in [0.717, 1.165) is 18.4 Å². The molecule has 0 aliphatic rings. The Kier molecular flexibility index (Phi) is 2.81. The van der Waals surface area contributed by atoms with Gasteiger partial charge < -0.3 is 4.79 Å². The van der Waals surface area contributed by atoms with E-state index < -0.39 is 0 Å². The molecule has 0 bridgehead atoms. The van der Waals surface area contributed by atoms with Crippen LogP contribution in [0, 0.1) is 12.3 Å². The van der Waals surface area contributed by atoms with E-state index in [4.69, 9.17) is 0 Å². The highest BCUT2D eigenvalue weighted by atomic mass is 16.1. The number of aldehydes is 1. The Morgan fingerprint density at radius 1 is 1.54 bits per heavy atom. The van der Waals surface area contributed by atoms with Gasteiger partial charge >= 0.3 is 0 Å². The lowest BCUT2D eigenvalue weighted by atomic mass is 9.88. The highest BCUT2D eigenvalue weighted by Gasteiger charge is 2.16. The van der Waals surface area contributed by atoms with Crippen LogP contribution in [0.5, 0.6) is 0 Å². The van der Waals surface area contributed by atoms with Crippen LogP contribution in [0.4, 0.5) is 0 Å². The number of carbonyl (C=O) groups is 1. The van der Waals surface area contributed by atoms with Crippen LogP contribution in [0.25, 0.3) is 0 Å². The van der Waals surface area contributed by atoms with Crippen molar-refractivity contribution < 1.29 is 4.79 Å². The molecule has 0 aliphatic carbocycles. The van der Waals surface area contributed by atoms with Gasteiger partial charge in [-0.15, -0.1) is 0 Å². The van der Waals surface area contributed by atoms with Crippen LogP contribution in [0.1, 0.15) is 25.1 Å². The third kappa shape index (κ3) is 2.98. The van der Waals surface area contributed by atoms with Crippen LogP contribution in [-0.2, 0) is 11.2 Å². The maximum absolute atomic E-state index is 10.7. The van der Waals surface area contributed by atoms with Crippen LogP contribution in [0.2, 0.25) is 0 Å². The van der Waals surface area contributed by atoms with Crippen LogP contribution >= 0.6 is 0 Å². The van der Waals surface area contributed by atoms with Crippen LogP contribution < -0.4 is 0 Å². The predicted molar refractivity (Wildman–Crippen MR) is 52.5 cm³/mol. The van der Waals surface area contributed by atoms with E-state index >= 15 is 0 Å². The van der Waals surface area contributed by atoms with Crippen molar-refractivity contribution in [2.24, 2.45) is 5.41 Å². The van der Waals surface area contributed by atoms with E-state index in [0.29, 0.717) is 0 Å². The molecule has 0 unspecified atom stereocenters. The first-order valence-electron chi connectivity index (χ1n) is 4.41. The monoisotopic (exact) mass is 177 g/mol. The molecule has 0 spiro atoms. The molecule has 0 radical (unpaired) electrons. The van der Waals surface area contributed by atoms with Gasteiger partial charge in [0.1, 0.15) is 6.29 Å². The molecule has 2 heteroatoms. The lowest BCUT2D eigenvalue weighted by Gasteiger charge is -2.16. The molecule has 0 fully saturated rings. The maximum Gasteiger partial charge on any atom is 0.125 e. The van der Waals surface area contributed by atoms with Crippen molar-refractivity contribution in [2.75, 3.05) is 0 Å². The van der Waals surface area contributed by atoms with E-state index in [2.05, 4.69) is 4.98 Å². The van der Waals surface area contributed by atoms with Crippen LogP contribution in [0.15, 0.2) is 18.3 Å². The molecule has 70 valence electrons. The lowest BCUT2D eigenvalue weighted by Crippen LogP contribution is -2.16. The van der Waals surface area contributed by atoms with Gasteiger partial charge in [-0.1, -0.05) is 13.8 Å². The Labute approximate surface area is 79.0 Å². The predicted octanol–water partition coefficient (Wildman–Crippen LogP) is 2.16. The molecule has 1 aromatic rings. The fraction of sp³-hybridized carbons (Fsp3) is 0.455. The summed E-state index contributed by atoms with van der Waals surface area (Å²) < 4.78 is 0. The van der Waals surface area contributed by atoms with Gasteiger partial charge in [0.05, 0.1) is 0 Å². The third-order valence-corrected chi connectivity index (χ3v) is 1.94. The normalized spacial score (nSPS) is 11.3. The molecule has 1 aromatic heterocycles. The average molecular weight is 177 g/mol. The minimum Gasteiger partial charge on any atom is -0.303 e. The van der Waals surface area contributed by atoms with Gasteiger partial charge in [-0.05, 0) is 31.0 Å². The van der Waals surface area contributed by atoms with Crippen molar-refractivity contribution in [3.8, 4) is 0 Å². The second kappa shape index (κ2) is 3.69. The second-order valence-electron chi connectivity index (χ2n) is 4.09. The number of carbonyl (C=O) groups excluding carboxylic acids is 1. The van der Waals surface area contributed by atoms with E-state index in [1.807, 2.05) is 32.9 Å². The fourth-order valence-corrected chi connectivity index (χ4v) is 1.28. The lowest BCUT2D eigenvalue weighted by molar-refractivity contribution is -0.114. The zero-order valence-electron chi connectivity index (χ0n) is 8.37. The molecule has 0 aliphatic heterocycles. The summed E-state index contributed by atoms with van der Waals surface area (Å²) in [4.78, 5) is 14.8. The largest absolute Gasteiger partial charge is 0.303 e. The zero-order chi connectivity index (χ0) is 9.90. The molecule has 0 N–H and O–H groups in total. The summed E-state index contributed by atoms with van der Waals surface area (Å²) >= 11 is 0. The highest BCUT2D eigenvalue weighted by Crippen LogP contribution is 2.18. The first-order chi connectivity index (χ1) is 6.03. The molecule has 2 nitrogen and oxygen atoms in total. The molecule has 13 heavy (non-hydrogen) atoms. The maximum atomic E-state index is 10.7. The Morgan fingerprint density at radius 3 is 2.77 bits per heavy atom. The molecular weight excluding hydrogens is 162 g/mol. The summed E-state index contributed by atoms with van der Waals surface area (Å²) in [5, 5.41) is 0. The Bertz CT molecular complexity index is 305. The standard InChI is InChI=1S/C11H15NO/c1-9-6-10(4-5-12-9)7-11(2,3)8-13/h4-6,8H,7H2,1-3H3. The quantitative estimate of drug-likeness (QED) is 0.662. The summed E-state index contributed by atoms with van der Waals surface area (Å²) in [6.45, 7) is 5.84. The van der Waals surface area contributed by atoms with Crippen molar-refractivity contribution in [2.45, 2.75) is 27.2 Å². The van der Waals surface area contributed by atoms with Crippen LogP contribution in [-0.4, -0.2) is 11.3 Å². The Hall–Kier alpha value is -1.18. The number of aryl methyl sites for hydroxylation is 1. The Balaban J connectivity index is 2.80. The van der Waals surface area contributed by atoms with E-state index in [1.165, 1.54) is 5.56 Å². The van der Waals surface area contributed by atoms with E-state index in [-0.39, 0.29) is 5.41 Å². The van der Waals surface area contributed by atoms with Crippen molar-refractivity contribution in [1.82, 2.24) is 4.98 Å². The summed E-state index contributed by atoms with van der Waals surface area (Å²) in [6.07, 6.45) is 3.56. The summed E-state index contributed by atoms with van der Waals surface area (Å²) in [6, 6.07) is 3.98. The van der Waals surface area contributed by atoms with E-state index in [9.17, 15) is 4.79 Å². The van der Waals surface area contributed by atoms with Crippen molar-refractivity contribution in [1.29, 1.82) is 0 Å². The van der Waals surface area contributed by atoms with Gasteiger partial charge in [0, 0.05) is 17.3 Å². The fourth-order valence-electron chi connectivity index (χ4n) is 1.28. The molecule has 0 atom stereocenters. The summed E-state index contributed by atoms with van der Waals surface area (Å²) in [7, 11) is 0.